The Kier molecular flexibility index (Phi) is 4.12. The van der Waals surface area contributed by atoms with Gasteiger partial charge in [0.25, 0.3) is 0 Å². The van der Waals surface area contributed by atoms with E-state index in [-0.39, 0.29) is 11.6 Å². The summed E-state index contributed by atoms with van der Waals surface area (Å²) in [6.45, 7) is 6.03. The van der Waals surface area contributed by atoms with Crippen molar-refractivity contribution in [2.24, 2.45) is 0 Å². The van der Waals surface area contributed by atoms with Gasteiger partial charge in [-0.25, -0.2) is 4.39 Å². The maximum atomic E-state index is 14.3. The molecule has 1 radical (unpaired) electrons. The largest absolute Gasteiger partial charge is 0.289 e. The van der Waals surface area contributed by atoms with Gasteiger partial charge in [-0.1, -0.05) is 62.4 Å². The van der Waals surface area contributed by atoms with Crippen LogP contribution in [0.5, 0.6) is 0 Å². The minimum atomic E-state index is -1.41. The fourth-order valence-corrected chi connectivity index (χ4v) is 6.44. The molecule has 3 heteroatoms. The topological polar surface area (TPSA) is 17.1 Å². The summed E-state index contributed by atoms with van der Waals surface area (Å²) in [4.78, 5) is 13.1. The van der Waals surface area contributed by atoms with Crippen molar-refractivity contribution in [2.45, 2.75) is 26.7 Å². The lowest BCUT2D eigenvalue weighted by atomic mass is 9.96. The molecule has 0 unspecified atom stereocenters. The van der Waals surface area contributed by atoms with Gasteiger partial charge in [-0.2, -0.15) is 0 Å². The Morgan fingerprint density at radius 3 is 2.35 bits per heavy atom. The van der Waals surface area contributed by atoms with Gasteiger partial charge in [-0.3, -0.25) is 4.79 Å². The molecule has 0 amide bonds. The number of benzene rings is 3. The zero-order valence-corrected chi connectivity index (χ0v) is 16.1. The molecule has 129 valence electrons. The van der Waals surface area contributed by atoms with Crippen LogP contribution < -0.4 is 15.6 Å². The van der Waals surface area contributed by atoms with Crippen LogP contribution in [-0.4, -0.2) is 14.6 Å². The highest BCUT2D eigenvalue weighted by atomic mass is 28.3. The van der Waals surface area contributed by atoms with Crippen molar-refractivity contribution in [3.63, 3.8) is 0 Å². The molecular formula is C23H20FOSi. The molecule has 1 heterocycles. The molecule has 1 nitrogen and oxygen atoms in total. The third-order valence-corrected chi connectivity index (χ3v) is 7.96. The quantitative estimate of drug-likeness (QED) is 0.502. The Hall–Kier alpha value is -2.52. The minimum Gasteiger partial charge on any atom is -0.289 e. The zero-order valence-electron chi connectivity index (χ0n) is 15.1. The summed E-state index contributed by atoms with van der Waals surface area (Å²) in [6.07, 6.45) is 0. The molecule has 0 saturated heterocycles. The summed E-state index contributed by atoms with van der Waals surface area (Å²) in [5, 5.41) is 3.10. The normalized spacial score (nSPS) is 13.7. The first-order chi connectivity index (χ1) is 12.5. The number of aryl methyl sites for hydroxylation is 1. The minimum absolute atomic E-state index is 0.0828. The number of ketones is 1. The second kappa shape index (κ2) is 6.33. The second-order valence-corrected chi connectivity index (χ2v) is 9.58. The van der Waals surface area contributed by atoms with Gasteiger partial charge in [0.05, 0.1) is 0 Å². The van der Waals surface area contributed by atoms with Crippen LogP contribution in [0.15, 0.2) is 60.7 Å². The second-order valence-electron chi connectivity index (χ2n) is 7.17. The Morgan fingerprint density at radius 2 is 1.62 bits per heavy atom. The molecule has 0 atom stereocenters. The summed E-state index contributed by atoms with van der Waals surface area (Å²) < 4.78 is 14.3. The van der Waals surface area contributed by atoms with Crippen molar-refractivity contribution in [3.05, 3.63) is 88.7 Å². The van der Waals surface area contributed by atoms with E-state index in [1.807, 2.05) is 42.5 Å². The van der Waals surface area contributed by atoms with Crippen LogP contribution in [-0.2, 0) is 0 Å². The fourth-order valence-electron chi connectivity index (χ4n) is 3.58. The molecule has 0 aliphatic carbocycles. The van der Waals surface area contributed by atoms with Gasteiger partial charge in [-0.15, -0.1) is 0 Å². The molecule has 0 spiro atoms. The first-order valence-corrected chi connectivity index (χ1v) is 10.4. The summed E-state index contributed by atoms with van der Waals surface area (Å²) >= 11 is 0. The maximum Gasteiger partial charge on any atom is 0.192 e. The number of carbonyl (C=O) groups is 1. The highest BCUT2D eigenvalue weighted by Crippen LogP contribution is 2.20. The average molecular weight is 359 g/mol. The van der Waals surface area contributed by atoms with Gasteiger partial charge >= 0.3 is 0 Å². The van der Waals surface area contributed by atoms with E-state index in [1.54, 1.807) is 13.0 Å². The van der Waals surface area contributed by atoms with Crippen molar-refractivity contribution in [1.29, 1.82) is 0 Å². The Morgan fingerprint density at radius 1 is 0.885 bits per heavy atom. The highest BCUT2D eigenvalue weighted by Gasteiger charge is 2.34. The van der Waals surface area contributed by atoms with E-state index in [1.165, 1.54) is 0 Å². The molecule has 1 aliphatic rings. The number of carbonyl (C=O) groups excluding carboxylic acids is 1. The van der Waals surface area contributed by atoms with Crippen LogP contribution in [0, 0.1) is 12.7 Å². The van der Waals surface area contributed by atoms with Gasteiger partial charge in [0.15, 0.2) is 14.6 Å². The van der Waals surface area contributed by atoms with Crippen LogP contribution in [0.3, 0.4) is 0 Å². The van der Waals surface area contributed by atoms with Gasteiger partial charge < -0.3 is 0 Å². The van der Waals surface area contributed by atoms with Crippen molar-refractivity contribution in [1.82, 2.24) is 0 Å². The monoisotopic (exact) mass is 359 g/mol. The van der Waals surface area contributed by atoms with E-state index < -0.39 is 8.80 Å². The molecule has 3 aromatic carbocycles. The summed E-state index contributed by atoms with van der Waals surface area (Å²) in [5.74, 6) is 0.256. The summed E-state index contributed by atoms with van der Waals surface area (Å²) in [6, 6.07) is 19.5. The third kappa shape index (κ3) is 2.63. The first-order valence-electron chi connectivity index (χ1n) is 8.89. The summed E-state index contributed by atoms with van der Waals surface area (Å²) in [5.41, 5.74) is 3.35. The van der Waals surface area contributed by atoms with E-state index in [0.29, 0.717) is 11.5 Å². The molecule has 3 aromatic rings. The molecule has 0 N–H and O–H groups in total. The van der Waals surface area contributed by atoms with Crippen LogP contribution in [0.4, 0.5) is 4.39 Å². The van der Waals surface area contributed by atoms with E-state index in [9.17, 15) is 9.18 Å². The molecule has 0 aromatic heterocycles. The predicted molar refractivity (Wildman–Crippen MR) is 106 cm³/mol. The average Bonchev–Trinajstić information content (AvgIpc) is 2.64. The van der Waals surface area contributed by atoms with Crippen molar-refractivity contribution >= 4 is 30.1 Å². The molecular weight excluding hydrogens is 339 g/mol. The smallest absolute Gasteiger partial charge is 0.192 e. The Bertz CT molecular complexity index is 1020. The van der Waals surface area contributed by atoms with Crippen LogP contribution >= 0.6 is 0 Å². The van der Waals surface area contributed by atoms with E-state index in [2.05, 4.69) is 26.0 Å². The standard InChI is InChI=1S/C23H20FOSi/c1-14(2)16-9-11-22-19(12-16)23(25)18-6-4-5-7-21(18)26(22)17-10-8-15(3)20(24)13-17/h4-14H,1-3H3. The number of hydrogen-bond acceptors (Lipinski definition) is 1. The van der Waals surface area contributed by atoms with Gasteiger partial charge in [0, 0.05) is 11.1 Å². The Balaban J connectivity index is 1.98. The molecule has 0 fully saturated rings. The van der Waals surface area contributed by atoms with Gasteiger partial charge in [0.2, 0.25) is 0 Å². The number of rotatable bonds is 2. The third-order valence-electron chi connectivity index (χ3n) is 5.13. The first kappa shape index (κ1) is 16.9. The van der Waals surface area contributed by atoms with Crippen molar-refractivity contribution in [3.8, 4) is 0 Å². The maximum absolute atomic E-state index is 14.3. The molecule has 0 bridgehead atoms. The number of halogens is 1. The van der Waals surface area contributed by atoms with Crippen LogP contribution in [0.25, 0.3) is 0 Å². The van der Waals surface area contributed by atoms with E-state index in [4.69, 9.17) is 0 Å². The summed E-state index contributed by atoms with van der Waals surface area (Å²) in [7, 11) is -1.41. The molecule has 4 rings (SSSR count). The number of hydrogen-bond donors (Lipinski definition) is 0. The van der Waals surface area contributed by atoms with Crippen LogP contribution in [0.2, 0.25) is 0 Å². The number of fused-ring (bicyclic) bond motifs is 2. The van der Waals surface area contributed by atoms with Crippen molar-refractivity contribution in [2.75, 3.05) is 0 Å². The molecule has 26 heavy (non-hydrogen) atoms. The Labute approximate surface area is 155 Å². The molecule has 1 aliphatic heterocycles. The van der Waals surface area contributed by atoms with Crippen molar-refractivity contribution < 1.29 is 9.18 Å². The van der Waals surface area contributed by atoms with Gasteiger partial charge in [0.1, 0.15) is 5.82 Å². The zero-order chi connectivity index (χ0) is 18.4. The van der Waals surface area contributed by atoms with E-state index in [0.717, 1.165) is 32.3 Å². The van der Waals surface area contributed by atoms with Gasteiger partial charge in [-0.05, 0) is 51.7 Å². The predicted octanol–water partition coefficient (Wildman–Crippen LogP) is 3.32. The van der Waals surface area contributed by atoms with Crippen LogP contribution in [0.1, 0.15) is 46.8 Å². The SMILES string of the molecule is Cc1ccc([Si]2c3ccccc3C(=O)c3cc(C(C)C)ccc32)cc1F. The lowest BCUT2D eigenvalue weighted by Crippen LogP contribution is -2.58. The highest BCUT2D eigenvalue weighted by molar-refractivity contribution is 6.97. The lowest BCUT2D eigenvalue weighted by molar-refractivity contribution is 0.104. The van der Waals surface area contributed by atoms with E-state index >= 15 is 0 Å². The lowest BCUT2D eigenvalue weighted by Gasteiger charge is -2.27. The fraction of sp³-hybridized carbons (Fsp3) is 0.174. The molecule has 0 saturated carbocycles.